The number of fused-ring (bicyclic) bond motifs is 1. The number of benzene rings is 1. The van der Waals surface area contributed by atoms with Gasteiger partial charge in [0.15, 0.2) is 11.9 Å². The Morgan fingerprint density at radius 2 is 1.75 bits per heavy atom. The number of hydrogen-bond acceptors (Lipinski definition) is 11. The van der Waals surface area contributed by atoms with Crippen molar-refractivity contribution in [3.8, 4) is 0 Å². The zero-order valence-corrected chi connectivity index (χ0v) is 32.7. The first-order valence-corrected chi connectivity index (χ1v) is 18.4. The number of cyclic esters (lactones) is 1. The molecule has 0 aliphatic carbocycles. The number of ether oxygens (including phenoxy) is 5. The fourth-order valence-corrected chi connectivity index (χ4v) is 8.34. The van der Waals surface area contributed by atoms with E-state index in [2.05, 4.69) is 5.43 Å². The monoisotopic (exact) mass is 735 g/mol. The minimum Gasteiger partial charge on any atom is -0.455 e. The minimum absolute atomic E-state index is 0.127. The number of carbonyl (C=O) groups excluding carboxylic acids is 3. The van der Waals surface area contributed by atoms with Crippen LogP contribution < -0.4 is 5.43 Å². The van der Waals surface area contributed by atoms with E-state index in [1.54, 1.807) is 46.1 Å². The molecule has 1 aromatic carbocycles. The van der Waals surface area contributed by atoms with Gasteiger partial charge in [-0.2, -0.15) is 0 Å². The van der Waals surface area contributed by atoms with E-state index in [1.807, 2.05) is 65.7 Å². The van der Waals surface area contributed by atoms with Gasteiger partial charge in [-0.25, -0.2) is 20.0 Å². The van der Waals surface area contributed by atoms with Gasteiger partial charge in [0.25, 0.3) is 0 Å². The number of ketones is 1. The number of aliphatic hydroxyl groups is 1. The molecule has 51 heavy (non-hydrogen) atoms. The van der Waals surface area contributed by atoms with E-state index >= 15 is 0 Å². The number of nitrogens with one attached hydrogen (secondary N) is 1. The topological polar surface area (TPSA) is 136 Å². The molecule has 1 amide bonds. The van der Waals surface area contributed by atoms with Crippen LogP contribution in [0, 0.1) is 17.8 Å². The highest BCUT2D eigenvalue weighted by atomic mass is 35.5. The van der Waals surface area contributed by atoms with E-state index in [0.29, 0.717) is 23.4 Å². The molecule has 3 aliphatic rings. The highest BCUT2D eigenvalue weighted by molar-refractivity contribution is 6.30. The number of Topliss-reactive ketones (excluding diaryl/α,β-unsaturated/α-hetero) is 1. The van der Waals surface area contributed by atoms with E-state index in [4.69, 9.17) is 35.3 Å². The van der Waals surface area contributed by atoms with Crippen LogP contribution in [0.5, 0.6) is 0 Å². The number of halogens is 1. The van der Waals surface area contributed by atoms with Crippen molar-refractivity contribution >= 4 is 29.4 Å². The van der Waals surface area contributed by atoms with Gasteiger partial charge in [-0.05, 0) is 78.7 Å². The fourth-order valence-electron chi connectivity index (χ4n) is 8.21. The van der Waals surface area contributed by atoms with Crippen LogP contribution in [0.25, 0.3) is 0 Å². The van der Waals surface area contributed by atoms with Crippen LogP contribution in [0.2, 0.25) is 5.02 Å². The van der Waals surface area contributed by atoms with Crippen LogP contribution in [-0.4, -0.2) is 108 Å². The zero-order chi connectivity index (χ0) is 38.0. The highest BCUT2D eigenvalue weighted by Gasteiger charge is 2.60. The summed E-state index contributed by atoms with van der Waals surface area (Å²) in [6.45, 7) is 14.8. The van der Waals surface area contributed by atoms with Gasteiger partial charge in [-0.3, -0.25) is 4.79 Å². The van der Waals surface area contributed by atoms with Gasteiger partial charge in [0, 0.05) is 48.0 Å². The third-order valence-electron chi connectivity index (χ3n) is 11.1. The second-order valence-corrected chi connectivity index (χ2v) is 15.7. The van der Waals surface area contributed by atoms with E-state index in [0.717, 1.165) is 5.56 Å². The van der Waals surface area contributed by atoms with E-state index in [-0.39, 0.29) is 30.9 Å². The SMILES string of the molecule is CCC1OC(=O)/C(C)=C/[C@H](C)[C@@H](O[C@@H]2O[C@H](C)C[C@H](N(C)C)[C@H]2O)[C@](C)(OC)C[C@@H](C)C(=O)[C@H](C)[C@H]2N(NCc3ccc(Cl)cc3)C(=O)O[C@]12C. The zero-order valence-electron chi connectivity index (χ0n) is 32.0. The van der Waals surface area contributed by atoms with E-state index in [1.165, 1.54) is 5.01 Å². The number of carbonyl (C=O) groups is 3. The van der Waals surface area contributed by atoms with Crippen LogP contribution in [0.15, 0.2) is 35.9 Å². The number of methoxy groups -OCH3 is 1. The van der Waals surface area contributed by atoms with Gasteiger partial charge in [0.1, 0.15) is 24.0 Å². The normalized spacial score (nSPS) is 39.5. The van der Waals surface area contributed by atoms with Crippen LogP contribution in [0.3, 0.4) is 0 Å². The van der Waals surface area contributed by atoms with Crippen molar-refractivity contribution in [3.63, 3.8) is 0 Å². The summed E-state index contributed by atoms with van der Waals surface area (Å²) >= 11 is 6.09. The summed E-state index contributed by atoms with van der Waals surface area (Å²) in [7, 11) is 5.38. The van der Waals surface area contributed by atoms with Crippen molar-refractivity contribution in [3.05, 3.63) is 46.5 Å². The third-order valence-corrected chi connectivity index (χ3v) is 11.3. The average molecular weight is 736 g/mol. The molecule has 2 saturated heterocycles. The van der Waals surface area contributed by atoms with Crippen molar-refractivity contribution in [1.29, 1.82) is 0 Å². The maximum Gasteiger partial charge on any atom is 0.425 e. The Hall–Kier alpha value is -2.58. The first-order chi connectivity index (χ1) is 23.9. The van der Waals surface area contributed by atoms with Gasteiger partial charge in [-0.15, -0.1) is 0 Å². The molecular formula is C38H58ClN3O9. The quantitative estimate of drug-likeness (QED) is 0.337. The Balaban J connectivity index is 1.76. The standard InChI is InChI=1S/C38H58ClN3O9/c1-12-29-38(8)32(42(36(46)51-38)40-20-26-13-15-27(39)16-14-26)25(6)30(43)23(4)19-37(7,47-11)33(21(2)17-22(3)34(45)49-29)50-35-31(44)28(41(9)10)18-24(5)48-35/h13-17,21,23-25,28-29,31-33,35,40,44H,12,18-20H2,1-11H3/b22-17+/t21-,23+,24+,25-,28-,29?,31+,32+,33+,35-,37+,38+/m0/s1. The maximum absolute atomic E-state index is 14.5. The number of hydrogen-bond donors (Lipinski definition) is 2. The molecule has 0 spiro atoms. The number of rotatable bonds is 8. The predicted octanol–water partition coefficient (Wildman–Crippen LogP) is 5.29. The molecule has 0 aromatic heterocycles. The molecule has 13 heteroatoms. The number of amides is 1. The molecule has 4 rings (SSSR count). The molecule has 1 aromatic rings. The fraction of sp³-hybridized carbons (Fsp3) is 0.711. The number of aliphatic hydroxyl groups excluding tert-OH is 1. The van der Waals surface area contributed by atoms with Crippen LogP contribution in [-0.2, 0) is 39.8 Å². The summed E-state index contributed by atoms with van der Waals surface area (Å²) in [6, 6.07) is 6.16. The highest BCUT2D eigenvalue weighted by Crippen LogP contribution is 2.42. The van der Waals surface area contributed by atoms with Gasteiger partial charge >= 0.3 is 12.1 Å². The van der Waals surface area contributed by atoms with Crippen molar-refractivity contribution in [1.82, 2.24) is 15.3 Å². The molecule has 3 heterocycles. The Morgan fingerprint density at radius 1 is 1.10 bits per heavy atom. The third kappa shape index (κ3) is 8.80. The Bertz CT molecular complexity index is 1430. The smallest absolute Gasteiger partial charge is 0.425 e. The van der Waals surface area contributed by atoms with Crippen LogP contribution in [0.4, 0.5) is 4.79 Å². The first kappa shape index (κ1) is 41.2. The molecule has 0 bridgehead atoms. The molecule has 12 nitrogen and oxygen atoms in total. The van der Waals surface area contributed by atoms with Crippen LogP contribution in [0.1, 0.15) is 80.2 Å². The van der Waals surface area contributed by atoms with Gasteiger partial charge in [0.05, 0.1) is 17.8 Å². The van der Waals surface area contributed by atoms with Crippen molar-refractivity contribution < 1.29 is 43.2 Å². The molecule has 286 valence electrons. The van der Waals surface area contributed by atoms with Gasteiger partial charge in [0.2, 0.25) is 0 Å². The molecular weight excluding hydrogens is 678 g/mol. The molecule has 2 fully saturated rings. The van der Waals surface area contributed by atoms with Gasteiger partial charge in [-0.1, -0.05) is 57.5 Å². The maximum atomic E-state index is 14.5. The second-order valence-electron chi connectivity index (χ2n) is 15.3. The van der Waals surface area contributed by atoms with Crippen molar-refractivity contribution in [2.24, 2.45) is 17.8 Å². The lowest BCUT2D eigenvalue weighted by atomic mass is 9.74. The summed E-state index contributed by atoms with van der Waals surface area (Å²) in [4.78, 5) is 43.9. The molecule has 3 aliphatic heterocycles. The van der Waals surface area contributed by atoms with Crippen molar-refractivity contribution in [2.45, 2.75) is 135 Å². The Kier molecular flexibility index (Phi) is 13.4. The summed E-state index contributed by atoms with van der Waals surface area (Å²) < 4.78 is 31.3. The number of likely N-dealkylation sites (N-methyl/N-ethyl adjacent to an activating group) is 1. The molecule has 0 radical (unpaired) electrons. The summed E-state index contributed by atoms with van der Waals surface area (Å²) in [5.41, 5.74) is 1.92. The number of hydrazine groups is 1. The number of nitrogens with zero attached hydrogens (tertiary/aromatic N) is 2. The van der Waals surface area contributed by atoms with Crippen molar-refractivity contribution in [2.75, 3.05) is 21.2 Å². The minimum atomic E-state index is -1.37. The predicted molar refractivity (Wildman–Crippen MR) is 193 cm³/mol. The van der Waals surface area contributed by atoms with E-state index in [9.17, 15) is 19.5 Å². The lowest BCUT2D eigenvalue weighted by Crippen LogP contribution is -2.60. The molecule has 0 saturated carbocycles. The Morgan fingerprint density at radius 3 is 2.33 bits per heavy atom. The summed E-state index contributed by atoms with van der Waals surface area (Å²) in [6.07, 6.45) is -1.48. The lowest BCUT2D eigenvalue weighted by molar-refractivity contribution is -0.294. The molecule has 12 atom stereocenters. The second kappa shape index (κ2) is 16.6. The summed E-state index contributed by atoms with van der Waals surface area (Å²) in [5.74, 6) is -2.49. The molecule has 2 N–H and O–H groups in total. The first-order valence-electron chi connectivity index (χ1n) is 18.0. The van der Waals surface area contributed by atoms with E-state index < -0.39 is 71.7 Å². The van der Waals surface area contributed by atoms with Gasteiger partial charge < -0.3 is 33.7 Å². The largest absolute Gasteiger partial charge is 0.455 e. The summed E-state index contributed by atoms with van der Waals surface area (Å²) in [5, 5.41) is 13.3. The lowest BCUT2D eigenvalue weighted by Gasteiger charge is -2.46. The average Bonchev–Trinajstić information content (AvgIpc) is 3.34. The van der Waals surface area contributed by atoms with Crippen LogP contribution >= 0.6 is 11.6 Å². The molecule has 1 unspecified atom stereocenters. The number of esters is 1. The Labute approximate surface area is 308 Å².